The molecule has 13 rings (SSSR count). The molecule has 0 saturated heterocycles. The molecule has 12 bridgehead atoms. The van der Waals surface area contributed by atoms with Crippen molar-refractivity contribution in [1.29, 1.82) is 0 Å². The van der Waals surface area contributed by atoms with Crippen LogP contribution >= 0.6 is 11.8 Å². The van der Waals surface area contributed by atoms with Gasteiger partial charge in [-0.3, -0.25) is 9.59 Å². The molecule has 9 heteroatoms. The van der Waals surface area contributed by atoms with Crippen molar-refractivity contribution >= 4 is 23.3 Å². The highest BCUT2D eigenvalue weighted by Crippen LogP contribution is 2.48. The van der Waals surface area contributed by atoms with E-state index in [0.29, 0.717) is 81.4 Å². The number of Topliss-reactive ketones (excluding diaryl/α,β-unsaturated/α-hetero) is 1. The first-order valence-electron chi connectivity index (χ1n) is 40.0. The molecular weight excluding hydrogens is 1400 g/mol. The predicted molar refractivity (Wildman–Crippen MR) is 460 cm³/mol. The van der Waals surface area contributed by atoms with E-state index in [0.717, 1.165) is 145 Å². The number of rotatable bonds is 13. The van der Waals surface area contributed by atoms with Gasteiger partial charge in [0.25, 0.3) is 0 Å². The first-order valence-corrected chi connectivity index (χ1v) is 41.2. The van der Waals surface area contributed by atoms with Gasteiger partial charge in [-0.15, -0.1) is 11.8 Å². The minimum Gasteiger partial charge on any atom is -0.488 e. The Morgan fingerprint density at radius 3 is 0.741 bits per heavy atom. The maximum atomic E-state index is 16.2. The van der Waals surface area contributed by atoms with Gasteiger partial charge < -0.3 is 28.4 Å². The van der Waals surface area contributed by atoms with Gasteiger partial charge in [-0.1, -0.05) is 319 Å². The highest BCUT2D eigenvalue weighted by Gasteiger charge is 2.35. The third-order valence-electron chi connectivity index (χ3n) is 22.1. The molecule has 580 valence electrons. The van der Waals surface area contributed by atoms with Gasteiger partial charge in [0.15, 0.2) is 11.6 Å². The number of carbonyl (C=O) groups excluding carboxylic acids is 2. The van der Waals surface area contributed by atoms with Crippen LogP contribution in [0.1, 0.15) is 247 Å². The van der Waals surface area contributed by atoms with E-state index in [1.54, 1.807) is 0 Å². The molecule has 2 heterocycles. The molecule has 0 amide bonds. The molecule has 112 heavy (non-hydrogen) atoms. The molecule has 1 aliphatic carbocycles. The van der Waals surface area contributed by atoms with E-state index in [2.05, 4.69) is 294 Å². The van der Waals surface area contributed by atoms with Crippen LogP contribution in [0.2, 0.25) is 0 Å². The van der Waals surface area contributed by atoms with E-state index < -0.39 is 0 Å². The molecule has 0 radical (unpaired) electrons. The van der Waals surface area contributed by atoms with Gasteiger partial charge in [0.1, 0.15) is 74.1 Å². The molecule has 0 unspecified atom stereocenters. The molecule has 0 aromatic heterocycles. The van der Waals surface area contributed by atoms with Gasteiger partial charge in [-0.2, -0.15) is 0 Å². The van der Waals surface area contributed by atoms with Gasteiger partial charge in [0, 0.05) is 44.1 Å². The normalized spacial score (nSPS) is 14.5. The van der Waals surface area contributed by atoms with E-state index in [9.17, 15) is 0 Å². The van der Waals surface area contributed by atoms with Crippen molar-refractivity contribution in [2.45, 2.75) is 222 Å². The topological polar surface area (TPSA) is 89.5 Å². The zero-order valence-electron chi connectivity index (χ0n) is 69.7. The summed E-state index contributed by atoms with van der Waals surface area (Å²) < 4.78 is 45.6. The molecule has 3 aliphatic rings. The lowest BCUT2D eigenvalue weighted by Gasteiger charge is -2.30. The molecule has 0 saturated carbocycles. The van der Waals surface area contributed by atoms with Crippen LogP contribution in [-0.4, -0.2) is 31.0 Å². The number of ketones is 2. The van der Waals surface area contributed by atoms with Crippen LogP contribution in [0.3, 0.4) is 0 Å². The summed E-state index contributed by atoms with van der Waals surface area (Å²) in [5, 5.41) is 0. The Morgan fingerprint density at radius 2 is 0.518 bits per heavy atom. The van der Waals surface area contributed by atoms with Gasteiger partial charge >= 0.3 is 0 Å². The van der Waals surface area contributed by atoms with Crippen molar-refractivity contribution in [1.82, 2.24) is 0 Å². The third-order valence-corrected chi connectivity index (χ3v) is 23.0. The maximum Gasteiger partial charge on any atom is 0.193 e. The molecule has 0 N–H and O–H groups in total. The van der Waals surface area contributed by atoms with Crippen molar-refractivity contribution in [3.63, 3.8) is 0 Å². The highest BCUT2D eigenvalue weighted by molar-refractivity contribution is 8.03. The molecule has 0 fully saturated rings. The zero-order valence-corrected chi connectivity index (χ0v) is 70.5. The molecular formula is C103H114O8S. The fourth-order valence-electron chi connectivity index (χ4n) is 15.5. The van der Waals surface area contributed by atoms with E-state index in [4.69, 9.17) is 28.4 Å². The van der Waals surface area contributed by atoms with Gasteiger partial charge in [-0.05, 0) is 167 Å². The lowest BCUT2D eigenvalue weighted by atomic mass is 9.79. The van der Waals surface area contributed by atoms with Crippen molar-refractivity contribution in [2.24, 2.45) is 0 Å². The Balaban J connectivity index is 1.22. The second-order valence-electron chi connectivity index (χ2n) is 37.4. The minimum atomic E-state index is -0.376. The Hall–Kier alpha value is -9.83. The summed E-state index contributed by atoms with van der Waals surface area (Å²) in [4.78, 5) is 31.7. The molecule has 8 nitrogen and oxygen atoms in total. The summed E-state index contributed by atoms with van der Waals surface area (Å²) in [6.07, 6.45) is 5.78. The van der Waals surface area contributed by atoms with Gasteiger partial charge in [0.2, 0.25) is 0 Å². The van der Waals surface area contributed by atoms with E-state index >= 15 is 9.59 Å². The van der Waals surface area contributed by atoms with Crippen molar-refractivity contribution in [3.05, 3.63) is 339 Å². The summed E-state index contributed by atoms with van der Waals surface area (Å²) in [5.74, 6) is 3.80. The highest BCUT2D eigenvalue weighted by atomic mass is 32.2. The number of hydrogen-bond acceptors (Lipinski definition) is 9. The quantitative estimate of drug-likeness (QED) is 0.105. The Bertz CT molecular complexity index is 4940. The fourth-order valence-corrected chi connectivity index (χ4v) is 16.1. The van der Waals surface area contributed by atoms with Crippen LogP contribution in [0.4, 0.5) is 0 Å². The number of ether oxygens (including phenoxy) is 6. The number of fused-ring (bicyclic) bond motifs is 10. The third kappa shape index (κ3) is 18.6. The first kappa shape index (κ1) is 80.2. The molecule has 10 aromatic rings. The zero-order chi connectivity index (χ0) is 79.8. The number of hydrogen-bond donors (Lipinski definition) is 0. The van der Waals surface area contributed by atoms with Crippen LogP contribution in [0.5, 0.6) is 34.5 Å². The number of allylic oxidation sites excluding steroid dienone is 2. The number of thioether (sulfide) groups is 1. The predicted octanol–water partition coefficient (Wildman–Crippen LogP) is 24.1. The van der Waals surface area contributed by atoms with Crippen LogP contribution in [-0.2, 0) is 107 Å². The van der Waals surface area contributed by atoms with Gasteiger partial charge in [0.05, 0.1) is 10.5 Å². The summed E-state index contributed by atoms with van der Waals surface area (Å²) >= 11 is 1.28. The van der Waals surface area contributed by atoms with Crippen LogP contribution in [0.25, 0.3) is 0 Å². The molecule has 0 spiro atoms. The summed E-state index contributed by atoms with van der Waals surface area (Å²) in [6, 6.07) is 70.0. The number of carbonyl (C=O) groups is 2. The van der Waals surface area contributed by atoms with E-state index in [1.165, 1.54) is 17.8 Å². The van der Waals surface area contributed by atoms with Crippen molar-refractivity contribution < 1.29 is 38.0 Å². The summed E-state index contributed by atoms with van der Waals surface area (Å²) in [7, 11) is 0. The first-order chi connectivity index (χ1) is 53.0. The molecule has 0 atom stereocenters. The van der Waals surface area contributed by atoms with E-state index in [1.807, 2.05) is 30.5 Å². The minimum absolute atomic E-state index is 0.188. The lowest BCUT2D eigenvalue weighted by molar-refractivity contribution is -0.116. The standard InChI is InChI=1S/C103H114O8S/c1-98(2,3)82-46-69-40-71-48-84(100(7,8)9)52-75(93(71)108-61-67-36-28-22-29-37-67)44-79-56-87(103(16,17)18)57-80-45-76-53-85(101(10,11)12)49-72(94(76)109-62-68-38-30-23-31-39-68)41-70-47-83(99(4,5)6)51-74(92(70)107-60-66-34-26-21-27-35-66)43-78-55-86(102(13,14)15)54-77(42-73(50-82)91(69)106-59-65-32-24-20-25-33-65)95(78)110-63-81-58-89(104)97(112-19)88(90(81)105)64-111-96(79)80/h20-39,46-58H,40-45,59-64H2,1-19H3. The molecule has 2 aliphatic heterocycles. The van der Waals surface area contributed by atoms with Crippen molar-refractivity contribution in [2.75, 3.05) is 19.5 Å². The Labute approximate surface area is 671 Å². The monoisotopic (exact) mass is 1510 g/mol. The van der Waals surface area contributed by atoms with Crippen molar-refractivity contribution in [3.8, 4) is 34.5 Å². The van der Waals surface area contributed by atoms with Crippen LogP contribution < -0.4 is 28.4 Å². The molecule has 10 aromatic carbocycles. The van der Waals surface area contributed by atoms with Gasteiger partial charge in [-0.25, -0.2) is 0 Å². The number of benzene rings is 10. The van der Waals surface area contributed by atoms with E-state index in [-0.39, 0.29) is 68.4 Å². The maximum absolute atomic E-state index is 16.2. The second kappa shape index (κ2) is 32.3. The average molecular weight is 1510 g/mol. The lowest BCUT2D eigenvalue weighted by Crippen LogP contribution is -2.26. The Morgan fingerprint density at radius 1 is 0.304 bits per heavy atom. The smallest absolute Gasteiger partial charge is 0.193 e. The fraction of sp³-hybridized carbons (Fsp3) is 0.359. The Kier molecular flexibility index (Phi) is 23.2. The summed E-state index contributed by atoms with van der Waals surface area (Å²) in [5.41, 5.74) is 21.1. The van der Waals surface area contributed by atoms with Crippen LogP contribution in [0.15, 0.2) is 216 Å². The summed E-state index contributed by atoms with van der Waals surface area (Å²) in [6.45, 7) is 42.0. The second-order valence-corrected chi connectivity index (χ2v) is 38.2. The largest absolute Gasteiger partial charge is 0.488 e. The SMILES string of the molecule is CSC1=C2COc3c4cc(C(C)(C)C)cc3Cc3cc(C(C)(C)C)cc(c3OCc3ccccc3)Cc3cc(C(C)(C)C)cc(c3OCc3ccccc3)Cc3cc(C(C)(C)C)cc(c3OCC(=CC1=O)C2=O)Cc1cc(C(C)(C)C)cc(c1OCc1ccccc1)Cc1cc(C(C)(C)C)cc(c1OCc1ccccc1)C4. The van der Waals surface area contributed by atoms with Crippen LogP contribution in [0, 0.1) is 0 Å². The average Bonchev–Trinajstić information content (AvgIpc) is 0.759.